The second-order valence-corrected chi connectivity index (χ2v) is 9.69. The molecule has 0 spiro atoms. The lowest BCUT2D eigenvalue weighted by Gasteiger charge is -2.56. The first-order valence-corrected chi connectivity index (χ1v) is 9.62. The van der Waals surface area contributed by atoms with Gasteiger partial charge in [-0.05, 0) is 88.9 Å². The summed E-state index contributed by atoms with van der Waals surface area (Å²) in [6.07, 6.45) is 14.1. The first-order valence-electron chi connectivity index (χ1n) is 9.62. The zero-order valence-corrected chi connectivity index (χ0v) is 13.7. The maximum atomic E-state index is 4.89. The van der Waals surface area contributed by atoms with Crippen LogP contribution in [0.3, 0.4) is 0 Å². The van der Waals surface area contributed by atoms with Gasteiger partial charge in [-0.1, -0.05) is 0 Å². The van der Waals surface area contributed by atoms with Crippen LogP contribution in [0.15, 0.2) is 0 Å². The predicted octanol–water partition coefficient (Wildman–Crippen LogP) is 4.13. The third kappa shape index (κ3) is 1.58. The lowest BCUT2D eigenvalue weighted by atomic mass is 9.49. The van der Waals surface area contributed by atoms with Crippen LogP contribution in [0.5, 0.6) is 0 Å². The Labute approximate surface area is 132 Å². The maximum Gasteiger partial charge on any atom is 0.139 e. The SMILES string of the molecule is CC1(n2c(C3CC3)nnc2C23CC4CC(CC(C4)C2)C3)CC1. The molecule has 0 N–H and O–H groups in total. The van der Waals surface area contributed by atoms with E-state index in [4.69, 9.17) is 10.2 Å². The van der Waals surface area contributed by atoms with Crippen LogP contribution in [0.2, 0.25) is 0 Å². The third-order valence-corrected chi connectivity index (χ3v) is 7.66. The van der Waals surface area contributed by atoms with Crippen molar-refractivity contribution < 1.29 is 0 Å². The van der Waals surface area contributed by atoms with Crippen molar-refractivity contribution in [1.29, 1.82) is 0 Å². The van der Waals surface area contributed by atoms with E-state index in [2.05, 4.69) is 11.5 Å². The van der Waals surface area contributed by atoms with Crippen molar-refractivity contribution in [2.24, 2.45) is 17.8 Å². The number of nitrogens with zero attached hydrogens (tertiary/aromatic N) is 3. The first-order chi connectivity index (χ1) is 10.7. The molecule has 3 heteroatoms. The zero-order valence-electron chi connectivity index (χ0n) is 13.7. The van der Waals surface area contributed by atoms with E-state index in [1.165, 1.54) is 75.9 Å². The van der Waals surface area contributed by atoms with Gasteiger partial charge in [0.25, 0.3) is 0 Å². The fourth-order valence-corrected chi connectivity index (χ4v) is 6.57. The van der Waals surface area contributed by atoms with E-state index in [0.29, 0.717) is 11.0 Å². The summed E-state index contributed by atoms with van der Waals surface area (Å²) in [5, 5.41) is 9.64. The van der Waals surface area contributed by atoms with Crippen LogP contribution in [-0.2, 0) is 11.0 Å². The summed E-state index contributed by atoms with van der Waals surface area (Å²) in [5.41, 5.74) is 0.764. The molecule has 1 aromatic rings. The van der Waals surface area contributed by atoms with E-state index in [-0.39, 0.29) is 0 Å². The Morgan fingerprint density at radius 1 is 0.909 bits per heavy atom. The Balaban J connectivity index is 1.50. The van der Waals surface area contributed by atoms with E-state index in [0.717, 1.165) is 23.7 Å². The number of aromatic nitrogens is 3. The Morgan fingerprint density at radius 2 is 1.50 bits per heavy atom. The topological polar surface area (TPSA) is 30.7 Å². The maximum absolute atomic E-state index is 4.89. The van der Waals surface area contributed by atoms with Gasteiger partial charge < -0.3 is 4.57 Å². The molecule has 6 saturated carbocycles. The third-order valence-electron chi connectivity index (χ3n) is 7.66. The second-order valence-electron chi connectivity index (χ2n) is 9.69. The normalized spacial score (nSPS) is 44.5. The van der Waals surface area contributed by atoms with E-state index in [1.807, 2.05) is 0 Å². The quantitative estimate of drug-likeness (QED) is 0.839. The fraction of sp³-hybridized carbons (Fsp3) is 0.895. The first kappa shape index (κ1) is 12.5. The highest BCUT2D eigenvalue weighted by molar-refractivity contribution is 5.24. The Kier molecular flexibility index (Phi) is 2.16. The summed E-state index contributed by atoms with van der Waals surface area (Å²) in [4.78, 5) is 0. The zero-order chi connectivity index (χ0) is 14.5. The number of hydrogen-bond donors (Lipinski definition) is 0. The van der Waals surface area contributed by atoms with Crippen LogP contribution in [0.25, 0.3) is 0 Å². The molecular weight excluding hydrogens is 270 g/mol. The fourth-order valence-electron chi connectivity index (χ4n) is 6.57. The molecule has 0 saturated heterocycles. The summed E-state index contributed by atoms with van der Waals surface area (Å²) in [7, 11) is 0. The smallest absolute Gasteiger partial charge is 0.139 e. The average molecular weight is 297 g/mol. The predicted molar refractivity (Wildman–Crippen MR) is 84.7 cm³/mol. The molecule has 7 rings (SSSR count). The highest BCUT2D eigenvalue weighted by Crippen LogP contribution is 2.62. The summed E-state index contributed by atoms with van der Waals surface area (Å²) < 4.78 is 2.68. The Hall–Kier alpha value is -0.860. The monoisotopic (exact) mass is 297 g/mol. The molecule has 22 heavy (non-hydrogen) atoms. The Morgan fingerprint density at radius 3 is 2.00 bits per heavy atom. The highest BCUT2D eigenvalue weighted by atomic mass is 15.3. The largest absolute Gasteiger partial charge is 0.308 e. The van der Waals surface area contributed by atoms with Gasteiger partial charge in [0.1, 0.15) is 11.6 Å². The summed E-state index contributed by atoms with van der Waals surface area (Å²) in [6.45, 7) is 2.45. The number of hydrogen-bond acceptors (Lipinski definition) is 2. The van der Waals surface area contributed by atoms with Crippen molar-refractivity contribution in [3.63, 3.8) is 0 Å². The molecular formula is C19H27N3. The van der Waals surface area contributed by atoms with Crippen molar-refractivity contribution in [3.8, 4) is 0 Å². The lowest BCUT2D eigenvalue weighted by Crippen LogP contribution is -2.50. The van der Waals surface area contributed by atoms with Crippen LogP contribution in [0.4, 0.5) is 0 Å². The second kappa shape index (κ2) is 3.79. The van der Waals surface area contributed by atoms with Crippen LogP contribution in [0, 0.1) is 17.8 Å². The molecule has 3 nitrogen and oxygen atoms in total. The molecule has 6 aliphatic carbocycles. The van der Waals surface area contributed by atoms with E-state index in [9.17, 15) is 0 Å². The van der Waals surface area contributed by atoms with Gasteiger partial charge in [0.2, 0.25) is 0 Å². The standard InChI is InChI=1S/C19H27N3/c1-18(4-5-18)22-16(15-2-3-15)20-21-17(22)19-9-12-6-13(10-19)8-14(7-12)11-19/h12-15H,2-11H2,1H3. The van der Waals surface area contributed by atoms with Crippen molar-refractivity contribution in [2.75, 3.05) is 0 Å². The van der Waals surface area contributed by atoms with E-state index < -0.39 is 0 Å². The molecule has 0 aromatic carbocycles. The van der Waals surface area contributed by atoms with Crippen LogP contribution >= 0.6 is 0 Å². The molecule has 6 aliphatic rings. The van der Waals surface area contributed by atoms with Gasteiger partial charge in [0.05, 0.1) is 0 Å². The van der Waals surface area contributed by atoms with Crippen LogP contribution in [0.1, 0.15) is 88.7 Å². The molecule has 0 aliphatic heterocycles. The van der Waals surface area contributed by atoms with Crippen molar-refractivity contribution >= 4 is 0 Å². The Bertz CT molecular complexity index is 600. The van der Waals surface area contributed by atoms with Gasteiger partial charge in [-0.3, -0.25) is 0 Å². The van der Waals surface area contributed by atoms with Gasteiger partial charge in [0.15, 0.2) is 0 Å². The van der Waals surface area contributed by atoms with Crippen molar-refractivity contribution in [3.05, 3.63) is 11.6 Å². The van der Waals surface area contributed by atoms with Crippen LogP contribution < -0.4 is 0 Å². The molecule has 0 radical (unpaired) electrons. The van der Waals surface area contributed by atoms with Gasteiger partial charge in [-0.15, -0.1) is 10.2 Å². The van der Waals surface area contributed by atoms with Crippen LogP contribution in [-0.4, -0.2) is 14.8 Å². The molecule has 4 bridgehead atoms. The molecule has 1 heterocycles. The minimum atomic E-state index is 0.361. The minimum Gasteiger partial charge on any atom is -0.308 e. The van der Waals surface area contributed by atoms with Crippen molar-refractivity contribution in [1.82, 2.24) is 14.8 Å². The number of rotatable bonds is 3. The van der Waals surface area contributed by atoms with Gasteiger partial charge in [-0.2, -0.15) is 0 Å². The average Bonchev–Trinajstić information content (AvgIpc) is 3.39. The molecule has 0 unspecified atom stereocenters. The van der Waals surface area contributed by atoms with E-state index >= 15 is 0 Å². The molecule has 0 atom stereocenters. The lowest BCUT2D eigenvalue weighted by molar-refractivity contribution is -0.0120. The minimum absolute atomic E-state index is 0.361. The van der Waals surface area contributed by atoms with Gasteiger partial charge in [0, 0.05) is 16.9 Å². The summed E-state index contributed by atoms with van der Waals surface area (Å²) in [5.74, 6) is 6.49. The molecule has 0 amide bonds. The molecule has 1 aromatic heterocycles. The summed E-state index contributed by atoms with van der Waals surface area (Å²) in [6, 6.07) is 0. The van der Waals surface area contributed by atoms with E-state index in [1.54, 1.807) is 0 Å². The van der Waals surface area contributed by atoms with Gasteiger partial charge >= 0.3 is 0 Å². The van der Waals surface area contributed by atoms with Crippen molar-refractivity contribution in [2.45, 2.75) is 88.0 Å². The summed E-state index contributed by atoms with van der Waals surface area (Å²) >= 11 is 0. The molecule has 118 valence electrons. The molecule has 6 fully saturated rings. The van der Waals surface area contributed by atoms with Gasteiger partial charge in [-0.25, -0.2) is 0 Å². The highest BCUT2D eigenvalue weighted by Gasteiger charge is 2.56.